The molecule has 0 saturated carbocycles. The van der Waals surface area contributed by atoms with Gasteiger partial charge in [-0.2, -0.15) is 5.26 Å². The van der Waals surface area contributed by atoms with Crippen LogP contribution >= 0.6 is 0 Å². The molecule has 0 fully saturated rings. The molecule has 0 aliphatic heterocycles. The summed E-state index contributed by atoms with van der Waals surface area (Å²) in [5.41, 5.74) is 2.38. The van der Waals surface area contributed by atoms with E-state index in [1.54, 1.807) is 0 Å². The molecule has 0 heterocycles. The Bertz CT molecular complexity index is 449. The third-order valence-electron chi connectivity index (χ3n) is 3.60. The second-order valence-electron chi connectivity index (χ2n) is 6.04. The van der Waals surface area contributed by atoms with Crippen LogP contribution in [0.15, 0.2) is 24.3 Å². The molecule has 0 aromatic heterocycles. The first-order valence-electron chi connectivity index (χ1n) is 7.85. The zero-order valence-electron chi connectivity index (χ0n) is 13.6. The molecule has 1 aromatic rings. The number of nitrogens with zero attached hydrogens (tertiary/aromatic N) is 1. The van der Waals surface area contributed by atoms with Crippen molar-refractivity contribution in [1.82, 2.24) is 5.32 Å². The van der Waals surface area contributed by atoms with Crippen LogP contribution in [-0.2, 0) is 17.9 Å². The summed E-state index contributed by atoms with van der Waals surface area (Å²) in [6.45, 7) is 9.33. The van der Waals surface area contributed by atoms with E-state index in [1.165, 1.54) is 11.1 Å². The third-order valence-corrected chi connectivity index (χ3v) is 3.60. The minimum Gasteiger partial charge on any atom is -0.377 e. The molecule has 1 aromatic carbocycles. The number of benzene rings is 1. The monoisotopic (exact) mass is 288 g/mol. The lowest BCUT2D eigenvalue weighted by Crippen LogP contribution is -2.17. The lowest BCUT2D eigenvalue weighted by molar-refractivity contribution is 0.133. The number of hydrogen-bond donors (Lipinski definition) is 1. The van der Waals surface area contributed by atoms with Crippen LogP contribution in [0.2, 0.25) is 0 Å². The Balaban J connectivity index is 2.25. The lowest BCUT2D eigenvalue weighted by Gasteiger charge is -2.14. The van der Waals surface area contributed by atoms with Crippen molar-refractivity contribution in [2.75, 3.05) is 13.2 Å². The highest BCUT2D eigenvalue weighted by atomic mass is 16.5. The van der Waals surface area contributed by atoms with Crippen molar-refractivity contribution in [2.45, 2.75) is 53.2 Å². The fraction of sp³-hybridized carbons (Fsp3) is 0.611. The highest BCUT2D eigenvalue weighted by Crippen LogP contribution is 2.21. The molecule has 21 heavy (non-hydrogen) atoms. The zero-order chi connectivity index (χ0) is 15.6. The molecule has 0 radical (unpaired) electrons. The average molecular weight is 288 g/mol. The average Bonchev–Trinajstić information content (AvgIpc) is 2.49. The maximum absolute atomic E-state index is 8.97. The van der Waals surface area contributed by atoms with Crippen molar-refractivity contribution in [3.8, 4) is 6.07 Å². The fourth-order valence-corrected chi connectivity index (χ4v) is 2.18. The van der Waals surface area contributed by atoms with E-state index < -0.39 is 0 Å². The van der Waals surface area contributed by atoms with E-state index >= 15 is 0 Å². The molecule has 0 aliphatic rings. The van der Waals surface area contributed by atoms with Gasteiger partial charge in [0.25, 0.3) is 0 Å². The maximum atomic E-state index is 8.97. The predicted molar refractivity (Wildman–Crippen MR) is 86.7 cm³/mol. The summed E-state index contributed by atoms with van der Waals surface area (Å²) in [4.78, 5) is 0. The number of unbranched alkanes of at least 4 members (excludes halogenated alkanes) is 1. The van der Waals surface area contributed by atoms with Gasteiger partial charge in [0.2, 0.25) is 0 Å². The van der Waals surface area contributed by atoms with Gasteiger partial charge in [0.1, 0.15) is 0 Å². The van der Waals surface area contributed by atoms with Gasteiger partial charge in [-0.25, -0.2) is 0 Å². The topological polar surface area (TPSA) is 45.0 Å². The van der Waals surface area contributed by atoms with E-state index in [4.69, 9.17) is 10.00 Å². The quantitative estimate of drug-likeness (QED) is 0.661. The van der Waals surface area contributed by atoms with Gasteiger partial charge in [0, 0.05) is 13.2 Å². The molecule has 116 valence electrons. The van der Waals surface area contributed by atoms with Crippen molar-refractivity contribution in [3.63, 3.8) is 0 Å². The number of nitriles is 1. The largest absolute Gasteiger partial charge is 0.377 e. The minimum atomic E-state index is -0.190. The Morgan fingerprint density at radius 2 is 1.90 bits per heavy atom. The summed E-state index contributed by atoms with van der Waals surface area (Å²) in [5.74, 6) is 0. The van der Waals surface area contributed by atoms with E-state index in [0.29, 0.717) is 6.61 Å². The molecule has 0 amide bonds. The number of rotatable bonds is 10. The molecule has 0 unspecified atom stereocenters. The van der Waals surface area contributed by atoms with Gasteiger partial charge in [-0.3, -0.25) is 0 Å². The molecule has 0 spiro atoms. The number of nitrogens with one attached hydrogen (secondary N) is 1. The van der Waals surface area contributed by atoms with Crippen molar-refractivity contribution in [2.24, 2.45) is 5.41 Å². The first kappa shape index (κ1) is 17.7. The maximum Gasteiger partial charge on any atom is 0.0719 e. The van der Waals surface area contributed by atoms with Crippen LogP contribution in [-0.4, -0.2) is 13.2 Å². The smallest absolute Gasteiger partial charge is 0.0719 e. The van der Waals surface area contributed by atoms with Crippen LogP contribution in [0.3, 0.4) is 0 Å². The molecular formula is C18H28N2O. The van der Waals surface area contributed by atoms with Gasteiger partial charge in [-0.05, 0) is 51.3 Å². The van der Waals surface area contributed by atoms with Crippen molar-refractivity contribution in [3.05, 3.63) is 35.4 Å². The predicted octanol–water partition coefficient (Wildman–Crippen LogP) is 4.03. The van der Waals surface area contributed by atoms with Gasteiger partial charge < -0.3 is 10.1 Å². The highest BCUT2D eigenvalue weighted by molar-refractivity contribution is 5.26. The summed E-state index contributed by atoms with van der Waals surface area (Å²) in [6.07, 6.45) is 3.17. The molecule has 1 rings (SSSR count). The standard InChI is InChI=1S/C18H28N2O/c1-4-21-14-17-10-6-5-9-16(17)13-20-12-8-7-11-18(2,3)15-19/h5-6,9-10,20H,4,7-8,11-14H2,1-3H3. The van der Waals surface area contributed by atoms with Gasteiger partial charge in [0.05, 0.1) is 18.1 Å². The van der Waals surface area contributed by atoms with Crippen molar-refractivity contribution >= 4 is 0 Å². The minimum absolute atomic E-state index is 0.190. The summed E-state index contributed by atoms with van der Waals surface area (Å²) in [7, 11) is 0. The van der Waals surface area contributed by atoms with E-state index in [-0.39, 0.29) is 5.41 Å². The molecule has 1 N–H and O–H groups in total. The van der Waals surface area contributed by atoms with Crippen molar-refractivity contribution in [1.29, 1.82) is 5.26 Å². The Morgan fingerprint density at radius 3 is 2.57 bits per heavy atom. The molecule has 0 aliphatic carbocycles. The molecule has 0 bridgehead atoms. The Labute approximate surface area is 129 Å². The number of ether oxygens (including phenoxy) is 1. The van der Waals surface area contributed by atoms with Crippen LogP contribution in [0.4, 0.5) is 0 Å². The zero-order valence-corrected chi connectivity index (χ0v) is 13.6. The number of hydrogen-bond acceptors (Lipinski definition) is 3. The first-order valence-corrected chi connectivity index (χ1v) is 7.85. The molecule has 3 heteroatoms. The fourth-order valence-electron chi connectivity index (χ4n) is 2.18. The molecule has 0 saturated heterocycles. The van der Waals surface area contributed by atoms with Gasteiger partial charge in [-0.1, -0.05) is 30.7 Å². The van der Waals surface area contributed by atoms with Gasteiger partial charge in [0.15, 0.2) is 0 Å². The van der Waals surface area contributed by atoms with E-state index in [9.17, 15) is 0 Å². The summed E-state index contributed by atoms with van der Waals surface area (Å²) in [5, 5.41) is 12.5. The summed E-state index contributed by atoms with van der Waals surface area (Å²) in [6, 6.07) is 10.8. The van der Waals surface area contributed by atoms with Crippen molar-refractivity contribution < 1.29 is 4.74 Å². The normalized spacial score (nSPS) is 11.3. The summed E-state index contributed by atoms with van der Waals surface area (Å²) < 4.78 is 5.50. The van der Waals surface area contributed by atoms with Gasteiger partial charge >= 0.3 is 0 Å². The van der Waals surface area contributed by atoms with Crippen LogP contribution < -0.4 is 5.32 Å². The van der Waals surface area contributed by atoms with Crippen LogP contribution in [0.25, 0.3) is 0 Å². The molecule has 3 nitrogen and oxygen atoms in total. The van der Waals surface area contributed by atoms with E-state index in [1.807, 2.05) is 20.8 Å². The van der Waals surface area contributed by atoms with E-state index in [0.717, 1.165) is 39.0 Å². The second kappa shape index (κ2) is 9.55. The highest BCUT2D eigenvalue weighted by Gasteiger charge is 2.15. The lowest BCUT2D eigenvalue weighted by atomic mass is 9.89. The Morgan fingerprint density at radius 1 is 1.19 bits per heavy atom. The Hall–Kier alpha value is -1.37. The Kier molecular flexibility index (Phi) is 8.04. The van der Waals surface area contributed by atoms with Crippen LogP contribution in [0, 0.1) is 16.7 Å². The second-order valence-corrected chi connectivity index (χ2v) is 6.04. The van der Waals surface area contributed by atoms with E-state index in [2.05, 4.69) is 35.7 Å². The first-order chi connectivity index (χ1) is 10.1. The summed E-state index contributed by atoms with van der Waals surface area (Å²) >= 11 is 0. The molecular weight excluding hydrogens is 260 g/mol. The van der Waals surface area contributed by atoms with Crippen LogP contribution in [0.1, 0.15) is 51.2 Å². The third kappa shape index (κ3) is 7.27. The van der Waals surface area contributed by atoms with Crippen LogP contribution in [0.5, 0.6) is 0 Å². The molecule has 0 atom stereocenters. The SMILES string of the molecule is CCOCc1ccccc1CNCCCCC(C)(C)C#N. The van der Waals surface area contributed by atoms with Gasteiger partial charge in [-0.15, -0.1) is 0 Å².